The summed E-state index contributed by atoms with van der Waals surface area (Å²) < 4.78 is 0. The first-order chi connectivity index (χ1) is 22.7. The average Bonchev–Trinajstić information content (AvgIpc) is 3.03. The summed E-state index contributed by atoms with van der Waals surface area (Å²) in [5.41, 5.74) is 5.05. The standard InChI is InChI=1S/C19H19NO3.C15H12O2.C4H7NO2/c21-18(10-14-4-2-1-3-5-14)16-8-6-15(7-9-16)11-20-12-17(13-20)19(22)23;16-11-13-6-8-14(9-7-13)15(17)10-12-4-2-1-3-5-12;6-4(7)3-1-5-2-3/h1-9,17H,10-13H2,(H,22,23);1-9,11H,10H2;3,5H,1-2H2,(H,6,7). The molecule has 9 heteroatoms. The van der Waals surface area contributed by atoms with Crippen LogP contribution in [0.1, 0.15) is 47.8 Å². The van der Waals surface area contributed by atoms with Crippen LogP contribution in [0, 0.1) is 11.8 Å². The molecule has 0 radical (unpaired) electrons. The molecule has 47 heavy (non-hydrogen) atoms. The number of hydrogen-bond donors (Lipinski definition) is 3. The van der Waals surface area contributed by atoms with Crippen LogP contribution in [0.5, 0.6) is 0 Å². The molecule has 2 fully saturated rings. The van der Waals surface area contributed by atoms with Crippen molar-refractivity contribution >= 4 is 29.8 Å². The number of aldehydes is 1. The van der Waals surface area contributed by atoms with Crippen molar-refractivity contribution < 1.29 is 34.2 Å². The number of nitrogens with zero attached hydrogens (tertiary/aromatic N) is 1. The summed E-state index contributed by atoms with van der Waals surface area (Å²) in [5.74, 6) is -1.57. The first-order valence-electron chi connectivity index (χ1n) is 15.4. The Labute approximate surface area is 273 Å². The Balaban J connectivity index is 0.000000182. The summed E-state index contributed by atoms with van der Waals surface area (Å²) >= 11 is 0. The number of hydrogen-bond acceptors (Lipinski definition) is 7. The van der Waals surface area contributed by atoms with Crippen LogP contribution < -0.4 is 5.32 Å². The number of Topliss-reactive ketones (excluding diaryl/α,β-unsaturated/α-hetero) is 2. The maximum absolute atomic E-state index is 12.3. The number of rotatable bonds is 11. The molecule has 0 aromatic heterocycles. The fourth-order valence-corrected chi connectivity index (χ4v) is 4.89. The Morgan fingerprint density at radius 1 is 0.617 bits per heavy atom. The number of benzene rings is 4. The van der Waals surface area contributed by atoms with Crippen LogP contribution >= 0.6 is 0 Å². The van der Waals surface area contributed by atoms with Gasteiger partial charge >= 0.3 is 11.9 Å². The van der Waals surface area contributed by atoms with Gasteiger partial charge in [0.15, 0.2) is 11.6 Å². The van der Waals surface area contributed by atoms with Crippen molar-refractivity contribution in [3.05, 3.63) is 143 Å². The summed E-state index contributed by atoms with van der Waals surface area (Å²) in [6.07, 6.45) is 1.57. The normalized spacial score (nSPS) is 14.1. The van der Waals surface area contributed by atoms with Crippen LogP contribution in [0.4, 0.5) is 0 Å². The first-order valence-corrected chi connectivity index (χ1v) is 15.4. The first kappa shape index (κ1) is 34.6. The van der Waals surface area contributed by atoms with Crippen molar-refractivity contribution in [1.29, 1.82) is 0 Å². The zero-order valence-electron chi connectivity index (χ0n) is 26.0. The molecule has 3 N–H and O–H groups in total. The van der Waals surface area contributed by atoms with Gasteiger partial charge in [-0.25, -0.2) is 0 Å². The Kier molecular flexibility index (Phi) is 12.9. The maximum Gasteiger partial charge on any atom is 0.309 e. The fraction of sp³-hybridized carbons (Fsp3) is 0.237. The van der Waals surface area contributed by atoms with E-state index in [-0.39, 0.29) is 23.4 Å². The summed E-state index contributed by atoms with van der Waals surface area (Å²) in [6, 6.07) is 33.6. The van der Waals surface area contributed by atoms with Gasteiger partial charge in [0.05, 0.1) is 11.8 Å². The highest BCUT2D eigenvalue weighted by molar-refractivity contribution is 5.98. The minimum Gasteiger partial charge on any atom is -0.481 e. The largest absolute Gasteiger partial charge is 0.481 e. The summed E-state index contributed by atoms with van der Waals surface area (Å²) in [7, 11) is 0. The third-order valence-electron chi connectivity index (χ3n) is 7.90. The van der Waals surface area contributed by atoms with E-state index >= 15 is 0 Å². The molecule has 0 bridgehead atoms. The van der Waals surface area contributed by atoms with Crippen molar-refractivity contribution in [2.24, 2.45) is 11.8 Å². The average molecular weight is 635 g/mol. The molecular weight excluding hydrogens is 596 g/mol. The SMILES string of the molecule is O=C(Cc1ccccc1)c1ccc(CN2CC(C(=O)O)C2)cc1.O=C(O)C1CNC1.O=Cc1ccc(C(=O)Cc2ccccc2)cc1. The van der Waals surface area contributed by atoms with E-state index in [1.165, 1.54) is 0 Å². The van der Waals surface area contributed by atoms with E-state index in [1.807, 2.05) is 84.9 Å². The van der Waals surface area contributed by atoms with Gasteiger partial charge in [0.1, 0.15) is 6.29 Å². The Bertz CT molecular complexity index is 1630. The Hall–Kier alpha value is -5.25. The predicted molar refractivity (Wildman–Crippen MR) is 178 cm³/mol. The molecule has 4 aromatic carbocycles. The van der Waals surface area contributed by atoms with Crippen LogP contribution in [0.25, 0.3) is 0 Å². The number of carbonyl (C=O) groups is 5. The van der Waals surface area contributed by atoms with E-state index in [0.29, 0.717) is 55.7 Å². The van der Waals surface area contributed by atoms with Crippen LogP contribution in [0.3, 0.4) is 0 Å². The van der Waals surface area contributed by atoms with Crippen LogP contribution in [0.15, 0.2) is 109 Å². The van der Waals surface area contributed by atoms with Crippen LogP contribution in [-0.4, -0.2) is 71.1 Å². The Morgan fingerprint density at radius 2 is 1.06 bits per heavy atom. The predicted octanol–water partition coefficient (Wildman–Crippen LogP) is 4.84. The number of ketones is 2. The third-order valence-corrected chi connectivity index (χ3v) is 7.90. The van der Waals surface area contributed by atoms with Gasteiger partial charge in [0.2, 0.25) is 0 Å². The highest BCUT2D eigenvalue weighted by Crippen LogP contribution is 2.19. The fourth-order valence-electron chi connectivity index (χ4n) is 4.89. The molecule has 0 aliphatic carbocycles. The zero-order chi connectivity index (χ0) is 33.6. The van der Waals surface area contributed by atoms with E-state index in [2.05, 4.69) is 10.2 Å². The maximum atomic E-state index is 12.3. The quantitative estimate of drug-likeness (QED) is 0.156. The summed E-state index contributed by atoms with van der Waals surface area (Å²) in [6.45, 7) is 3.23. The molecule has 2 aliphatic rings. The van der Waals surface area contributed by atoms with Crippen LogP contribution in [0.2, 0.25) is 0 Å². The molecule has 9 nitrogen and oxygen atoms in total. The molecule has 0 saturated carbocycles. The number of carboxylic acid groups (broad SMARTS) is 2. The van der Waals surface area contributed by atoms with Gasteiger partial charge in [-0.15, -0.1) is 0 Å². The number of aliphatic carboxylic acids is 2. The molecular formula is C38H38N2O7. The van der Waals surface area contributed by atoms with Crippen LogP contribution in [-0.2, 0) is 29.0 Å². The highest BCUT2D eigenvalue weighted by Gasteiger charge is 2.32. The van der Waals surface area contributed by atoms with E-state index in [4.69, 9.17) is 10.2 Å². The van der Waals surface area contributed by atoms with Gasteiger partial charge in [-0.1, -0.05) is 109 Å². The number of nitrogens with one attached hydrogen (secondary N) is 1. The monoisotopic (exact) mass is 634 g/mol. The highest BCUT2D eigenvalue weighted by atomic mass is 16.4. The number of carbonyl (C=O) groups excluding carboxylic acids is 3. The van der Waals surface area contributed by atoms with E-state index in [1.54, 1.807) is 24.3 Å². The van der Waals surface area contributed by atoms with Gasteiger partial charge in [-0.2, -0.15) is 0 Å². The lowest BCUT2D eigenvalue weighted by molar-refractivity contribution is -0.148. The third kappa shape index (κ3) is 11.0. The Morgan fingerprint density at radius 3 is 1.43 bits per heavy atom. The molecule has 0 atom stereocenters. The molecule has 2 saturated heterocycles. The van der Waals surface area contributed by atoms with Gasteiger partial charge in [-0.3, -0.25) is 28.9 Å². The smallest absolute Gasteiger partial charge is 0.309 e. The minimum atomic E-state index is -0.719. The second kappa shape index (κ2) is 17.4. The number of carboxylic acids is 2. The second-order valence-electron chi connectivity index (χ2n) is 11.5. The van der Waals surface area contributed by atoms with Gasteiger partial charge in [-0.05, 0) is 16.7 Å². The van der Waals surface area contributed by atoms with Crippen molar-refractivity contribution in [1.82, 2.24) is 10.2 Å². The molecule has 2 heterocycles. The van der Waals surface area contributed by atoms with E-state index in [0.717, 1.165) is 29.5 Å². The van der Waals surface area contributed by atoms with E-state index in [9.17, 15) is 24.0 Å². The molecule has 0 unspecified atom stereocenters. The molecule has 4 aromatic rings. The van der Waals surface area contributed by atoms with Gasteiger partial charge in [0.25, 0.3) is 0 Å². The van der Waals surface area contributed by atoms with E-state index < -0.39 is 11.9 Å². The van der Waals surface area contributed by atoms with Gasteiger partial charge in [0, 0.05) is 62.3 Å². The van der Waals surface area contributed by atoms with Crippen molar-refractivity contribution in [3.8, 4) is 0 Å². The summed E-state index contributed by atoms with van der Waals surface area (Å²) in [5, 5.41) is 19.9. The zero-order valence-corrected chi connectivity index (χ0v) is 26.0. The molecule has 0 amide bonds. The molecule has 0 spiro atoms. The molecule has 242 valence electrons. The lowest BCUT2D eigenvalue weighted by atomic mass is 9.98. The minimum absolute atomic E-state index is 0.0636. The molecule has 2 aliphatic heterocycles. The second-order valence-corrected chi connectivity index (χ2v) is 11.5. The van der Waals surface area contributed by atoms with Gasteiger partial charge < -0.3 is 15.5 Å². The lowest BCUT2D eigenvalue weighted by Crippen LogP contribution is -2.49. The molecule has 6 rings (SSSR count). The van der Waals surface area contributed by atoms with Crippen molar-refractivity contribution in [2.75, 3.05) is 26.2 Å². The summed E-state index contributed by atoms with van der Waals surface area (Å²) in [4.78, 5) is 57.5. The topological polar surface area (TPSA) is 141 Å². The lowest BCUT2D eigenvalue weighted by Gasteiger charge is -2.36. The van der Waals surface area contributed by atoms with Crippen molar-refractivity contribution in [3.63, 3.8) is 0 Å². The number of likely N-dealkylation sites (tertiary alicyclic amines) is 1. The van der Waals surface area contributed by atoms with Crippen molar-refractivity contribution in [2.45, 2.75) is 19.4 Å².